The molecule has 3 nitrogen and oxygen atoms in total. The number of carbonyl (C=O) groups excluding carboxylic acids is 1. The summed E-state index contributed by atoms with van der Waals surface area (Å²) in [5.74, 6) is -2.73. The number of alkyl halides is 2. The van der Waals surface area contributed by atoms with Crippen molar-refractivity contribution < 1.29 is 18.3 Å². The third-order valence-corrected chi connectivity index (χ3v) is 1.94. The third kappa shape index (κ3) is 2.56. The van der Waals surface area contributed by atoms with Crippen LogP contribution in [0.25, 0.3) is 0 Å². The Morgan fingerprint density at radius 1 is 1.50 bits per heavy atom. The van der Waals surface area contributed by atoms with Gasteiger partial charge in [0.1, 0.15) is 11.6 Å². The van der Waals surface area contributed by atoms with E-state index in [4.69, 9.17) is 4.74 Å². The standard InChI is InChI=1S/C9H15F2NO2/c1-8(2,3)14-7(13)12(4)6-5-9(6,10)11/h6H,5H2,1-4H3/t6-/m0/s1. The molecule has 1 atom stereocenters. The summed E-state index contributed by atoms with van der Waals surface area (Å²) >= 11 is 0. The van der Waals surface area contributed by atoms with Crippen molar-refractivity contribution in [2.45, 2.75) is 44.8 Å². The van der Waals surface area contributed by atoms with E-state index in [-0.39, 0.29) is 6.42 Å². The van der Waals surface area contributed by atoms with Gasteiger partial charge in [-0.15, -0.1) is 0 Å². The van der Waals surface area contributed by atoms with Crippen LogP contribution < -0.4 is 0 Å². The fraction of sp³-hybridized carbons (Fsp3) is 0.889. The molecule has 1 rings (SSSR count). The minimum atomic E-state index is -2.73. The van der Waals surface area contributed by atoms with Gasteiger partial charge >= 0.3 is 6.09 Å². The summed E-state index contributed by atoms with van der Waals surface area (Å²) in [6.45, 7) is 5.09. The summed E-state index contributed by atoms with van der Waals surface area (Å²) in [6, 6.07) is -0.989. The average molecular weight is 207 g/mol. The molecule has 0 aromatic heterocycles. The van der Waals surface area contributed by atoms with E-state index in [0.717, 1.165) is 4.90 Å². The lowest BCUT2D eigenvalue weighted by Gasteiger charge is -2.24. The summed E-state index contributed by atoms with van der Waals surface area (Å²) in [4.78, 5) is 12.3. The summed E-state index contributed by atoms with van der Waals surface area (Å²) in [7, 11) is 1.33. The second kappa shape index (κ2) is 3.07. The molecular formula is C9H15F2NO2. The van der Waals surface area contributed by atoms with E-state index >= 15 is 0 Å². The summed E-state index contributed by atoms with van der Waals surface area (Å²) in [5.41, 5.74) is -0.643. The van der Waals surface area contributed by atoms with Gasteiger partial charge in [-0.3, -0.25) is 0 Å². The molecule has 14 heavy (non-hydrogen) atoms. The molecule has 1 amide bonds. The van der Waals surface area contributed by atoms with E-state index in [2.05, 4.69) is 0 Å². The van der Waals surface area contributed by atoms with E-state index < -0.39 is 23.7 Å². The number of carbonyl (C=O) groups is 1. The number of amides is 1. The highest BCUT2D eigenvalue weighted by atomic mass is 19.3. The quantitative estimate of drug-likeness (QED) is 0.660. The van der Waals surface area contributed by atoms with Gasteiger partial charge in [-0.1, -0.05) is 0 Å². The van der Waals surface area contributed by atoms with Gasteiger partial charge in [-0.25, -0.2) is 13.6 Å². The van der Waals surface area contributed by atoms with Crippen molar-refractivity contribution >= 4 is 6.09 Å². The molecule has 0 aromatic carbocycles. The molecule has 0 bridgehead atoms. The predicted octanol–water partition coefficient (Wildman–Crippen LogP) is 2.26. The Labute approximate surface area is 82.0 Å². The molecule has 0 aromatic rings. The zero-order valence-electron chi connectivity index (χ0n) is 8.80. The van der Waals surface area contributed by atoms with Crippen LogP contribution in [0.1, 0.15) is 27.2 Å². The molecule has 82 valence electrons. The lowest BCUT2D eigenvalue weighted by Crippen LogP contribution is -2.37. The number of hydrogen-bond donors (Lipinski definition) is 0. The molecule has 0 spiro atoms. The lowest BCUT2D eigenvalue weighted by molar-refractivity contribution is 0.0156. The maximum atomic E-state index is 12.6. The first-order valence-electron chi connectivity index (χ1n) is 4.47. The number of rotatable bonds is 1. The fourth-order valence-corrected chi connectivity index (χ4v) is 1.08. The van der Waals surface area contributed by atoms with Crippen molar-refractivity contribution in [3.05, 3.63) is 0 Å². The Bertz CT molecular complexity index is 248. The van der Waals surface area contributed by atoms with Crippen LogP contribution in [0, 0.1) is 0 Å². The smallest absolute Gasteiger partial charge is 0.410 e. The first-order valence-corrected chi connectivity index (χ1v) is 4.47. The van der Waals surface area contributed by atoms with Gasteiger partial charge < -0.3 is 9.64 Å². The molecule has 1 aliphatic carbocycles. The molecule has 5 heteroatoms. The third-order valence-electron chi connectivity index (χ3n) is 1.94. The Hall–Kier alpha value is -0.870. The topological polar surface area (TPSA) is 29.5 Å². The van der Waals surface area contributed by atoms with Gasteiger partial charge in [0.05, 0.1) is 0 Å². The van der Waals surface area contributed by atoms with Crippen LogP contribution in [-0.4, -0.2) is 35.6 Å². The second-order valence-electron chi connectivity index (χ2n) is 4.57. The van der Waals surface area contributed by atoms with Crippen LogP contribution in [0.15, 0.2) is 0 Å². The van der Waals surface area contributed by atoms with Gasteiger partial charge in [0.2, 0.25) is 0 Å². The highest BCUT2D eigenvalue weighted by Gasteiger charge is 2.60. The van der Waals surface area contributed by atoms with Gasteiger partial charge in [0.25, 0.3) is 5.92 Å². The normalized spacial score (nSPS) is 24.3. The zero-order valence-corrected chi connectivity index (χ0v) is 8.80. The molecule has 0 heterocycles. The average Bonchev–Trinajstić information content (AvgIpc) is 2.54. The van der Waals surface area contributed by atoms with Crippen molar-refractivity contribution in [2.75, 3.05) is 7.05 Å². The molecular weight excluding hydrogens is 192 g/mol. The molecule has 0 saturated heterocycles. The SMILES string of the molecule is CN(C(=O)OC(C)(C)C)[C@H]1CC1(F)F. The van der Waals surface area contributed by atoms with E-state index in [1.165, 1.54) is 7.05 Å². The predicted molar refractivity (Wildman–Crippen MR) is 47.3 cm³/mol. The Kier molecular flexibility index (Phi) is 2.46. The largest absolute Gasteiger partial charge is 0.444 e. The van der Waals surface area contributed by atoms with Crippen molar-refractivity contribution in [3.63, 3.8) is 0 Å². The summed E-state index contributed by atoms with van der Waals surface area (Å²) in [6.07, 6.45) is -0.956. The monoisotopic (exact) mass is 207 g/mol. The highest BCUT2D eigenvalue weighted by molar-refractivity contribution is 5.69. The number of ether oxygens (including phenoxy) is 1. The molecule has 0 unspecified atom stereocenters. The summed E-state index contributed by atoms with van der Waals surface area (Å²) in [5, 5.41) is 0. The Morgan fingerprint density at radius 3 is 2.21 bits per heavy atom. The van der Waals surface area contributed by atoms with Crippen molar-refractivity contribution in [1.82, 2.24) is 4.90 Å². The Balaban J connectivity index is 2.47. The number of halogens is 2. The van der Waals surface area contributed by atoms with E-state index in [0.29, 0.717) is 0 Å². The first-order chi connectivity index (χ1) is 6.13. The van der Waals surface area contributed by atoms with Crippen LogP contribution in [0.2, 0.25) is 0 Å². The highest BCUT2D eigenvalue weighted by Crippen LogP contribution is 2.45. The minimum Gasteiger partial charge on any atom is -0.444 e. The molecule has 1 aliphatic rings. The van der Waals surface area contributed by atoms with Gasteiger partial charge in [-0.05, 0) is 20.8 Å². The second-order valence-corrected chi connectivity index (χ2v) is 4.57. The van der Waals surface area contributed by atoms with Crippen LogP contribution in [0.3, 0.4) is 0 Å². The van der Waals surface area contributed by atoms with Crippen LogP contribution in [0.4, 0.5) is 13.6 Å². The van der Waals surface area contributed by atoms with Crippen LogP contribution >= 0.6 is 0 Å². The van der Waals surface area contributed by atoms with E-state index in [9.17, 15) is 13.6 Å². The van der Waals surface area contributed by atoms with Crippen molar-refractivity contribution in [1.29, 1.82) is 0 Å². The molecule has 0 N–H and O–H groups in total. The molecule has 1 fully saturated rings. The fourth-order valence-electron chi connectivity index (χ4n) is 1.08. The maximum Gasteiger partial charge on any atom is 0.410 e. The number of nitrogens with zero attached hydrogens (tertiary/aromatic N) is 1. The van der Waals surface area contributed by atoms with E-state index in [1.807, 2.05) is 0 Å². The Morgan fingerprint density at radius 2 is 1.93 bits per heavy atom. The van der Waals surface area contributed by atoms with Crippen LogP contribution in [-0.2, 0) is 4.74 Å². The maximum absolute atomic E-state index is 12.6. The van der Waals surface area contributed by atoms with Crippen molar-refractivity contribution in [3.8, 4) is 0 Å². The molecule has 0 aliphatic heterocycles. The zero-order chi connectivity index (χ0) is 11.1. The van der Waals surface area contributed by atoms with E-state index in [1.54, 1.807) is 20.8 Å². The molecule has 0 radical (unpaired) electrons. The van der Waals surface area contributed by atoms with Gasteiger partial charge in [0.15, 0.2) is 0 Å². The van der Waals surface area contributed by atoms with Gasteiger partial charge in [-0.2, -0.15) is 0 Å². The van der Waals surface area contributed by atoms with Crippen molar-refractivity contribution in [2.24, 2.45) is 0 Å². The lowest BCUT2D eigenvalue weighted by atomic mass is 10.2. The molecule has 1 saturated carbocycles. The summed E-state index contributed by atoms with van der Waals surface area (Å²) < 4.78 is 30.1. The first kappa shape index (κ1) is 11.2. The van der Waals surface area contributed by atoms with Gasteiger partial charge in [0, 0.05) is 13.5 Å². The van der Waals surface area contributed by atoms with Crippen LogP contribution in [0.5, 0.6) is 0 Å². The minimum absolute atomic E-state index is 0.261. The number of hydrogen-bond acceptors (Lipinski definition) is 2.